The minimum Gasteiger partial charge on any atom is -0.398 e. The lowest BCUT2D eigenvalue weighted by molar-refractivity contribution is 0.119. The van der Waals surface area contributed by atoms with E-state index in [4.69, 9.17) is 5.73 Å². The van der Waals surface area contributed by atoms with Gasteiger partial charge in [-0.3, -0.25) is 0 Å². The van der Waals surface area contributed by atoms with Crippen LogP contribution in [0.1, 0.15) is 18.1 Å². The molecule has 0 aliphatic carbocycles. The zero-order valence-corrected chi connectivity index (χ0v) is 10.00. The number of nitrogens with one attached hydrogen (secondary N) is 1. The van der Waals surface area contributed by atoms with Crippen molar-refractivity contribution >= 4 is 21.6 Å². The smallest absolute Gasteiger partial charge is 0.0850 e. The number of benzene rings is 1. The molecule has 1 aromatic carbocycles. The molecule has 1 aromatic rings. The van der Waals surface area contributed by atoms with Gasteiger partial charge in [0.1, 0.15) is 0 Å². The van der Waals surface area contributed by atoms with Crippen LogP contribution in [0.4, 0.5) is 5.69 Å². The summed E-state index contributed by atoms with van der Waals surface area (Å²) < 4.78 is 0.945. The van der Waals surface area contributed by atoms with E-state index in [0.717, 1.165) is 29.5 Å². The number of nitrogens with two attached hydrogens (primary N) is 1. The van der Waals surface area contributed by atoms with Crippen molar-refractivity contribution in [2.75, 3.05) is 18.8 Å². The van der Waals surface area contributed by atoms with Crippen LogP contribution in [0.25, 0.3) is 0 Å². The zero-order chi connectivity index (χ0) is 10.8. The zero-order valence-electron chi connectivity index (χ0n) is 8.41. The number of hydrogen-bond acceptors (Lipinski definition) is 3. The summed E-state index contributed by atoms with van der Waals surface area (Å²) in [6.45, 7) is 1.86. The van der Waals surface area contributed by atoms with Gasteiger partial charge in [0.25, 0.3) is 0 Å². The molecule has 0 amide bonds. The number of halogens is 1. The molecule has 0 saturated carbocycles. The molecule has 15 heavy (non-hydrogen) atoms. The molecular weight excluding hydrogens is 256 g/mol. The number of aliphatic hydroxyl groups is 1. The van der Waals surface area contributed by atoms with Gasteiger partial charge in [-0.2, -0.15) is 0 Å². The van der Waals surface area contributed by atoms with Gasteiger partial charge in [0.15, 0.2) is 0 Å². The average molecular weight is 271 g/mol. The van der Waals surface area contributed by atoms with Gasteiger partial charge in [-0.05, 0) is 25.1 Å². The first-order chi connectivity index (χ1) is 7.18. The van der Waals surface area contributed by atoms with Gasteiger partial charge in [0.2, 0.25) is 0 Å². The lowest BCUT2D eigenvalue weighted by Gasteiger charge is -2.19. The van der Waals surface area contributed by atoms with Crippen LogP contribution in [0.3, 0.4) is 0 Å². The molecule has 3 nitrogen and oxygen atoms in total. The van der Waals surface area contributed by atoms with Crippen LogP contribution in [-0.4, -0.2) is 18.2 Å². The van der Waals surface area contributed by atoms with E-state index in [1.807, 2.05) is 18.2 Å². The summed E-state index contributed by atoms with van der Waals surface area (Å²) in [4.78, 5) is 0. The molecule has 0 radical (unpaired) electrons. The maximum Gasteiger partial charge on any atom is 0.0850 e. The van der Waals surface area contributed by atoms with Gasteiger partial charge >= 0.3 is 0 Å². The second-order valence-corrected chi connectivity index (χ2v) is 4.89. The molecule has 1 heterocycles. The molecule has 1 aliphatic rings. The maximum absolute atomic E-state index is 10.2. The van der Waals surface area contributed by atoms with Crippen molar-refractivity contribution in [1.82, 2.24) is 5.32 Å². The molecule has 2 rings (SSSR count). The Hall–Kier alpha value is -0.580. The topological polar surface area (TPSA) is 58.3 Å². The molecule has 0 spiro atoms. The molecule has 2 unspecified atom stereocenters. The summed E-state index contributed by atoms with van der Waals surface area (Å²) in [5, 5.41) is 13.4. The quantitative estimate of drug-likeness (QED) is 0.717. The molecule has 0 bridgehead atoms. The SMILES string of the molecule is Nc1cc(Br)ccc1C(O)C1CCNC1. The summed E-state index contributed by atoms with van der Waals surface area (Å²) in [6.07, 6.45) is 0.560. The van der Waals surface area contributed by atoms with E-state index in [1.165, 1.54) is 0 Å². The Morgan fingerprint density at radius 2 is 2.33 bits per heavy atom. The van der Waals surface area contributed by atoms with Crippen molar-refractivity contribution in [3.05, 3.63) is 28.2 Å². The summed E-state index contributed by atoms with van der Waals surface area (Å²) in [7, 11) is 0. The molecule has 0 aromatic heterocycles. The number of anilines is 1. The lowest BCUT2D eigenvalue weighted by atomic mass is 9.94. The molecule has 1 saturated heterocycles. The number of nitrogen functional groups attached to an aromatic ring is 1. The van der Waals surface area contributed by atoms with E-state index in [2.05, 4.69) is 21.2 Å². The van der Waals surface area contributed by atoms with Crippen molar-refractivity contribution in [3.8, 4) is 0 Å². The van der Waals surface area contributed by atoms with E-state index in [0.29, 0.717) is 5.69 Å². The van der Waals surface area contributed by atoms with Crippen molar-refractivity contribution < 1.29 is 5.11 Å². The Kier molecular flexibility index (Phi) is 3.29. The Bertz CT molecular complexity index is 350. The Morgan fingerprint density at radius 1 is 1.53 bits per heavy atom. The van der Waals surface area contributed by atoms with Crippen LogP contribution in [0.15, 0.2) is 22.7 Å². The molecule has 4 heteroatoms. The summed E-state index contributed by atoms with van der Waals surface area (Å²) in [6, 6.07) is 5.64. The van der Waals surface area contributed by atoms with Crippen LogP contribution < -0.4 is 11.1 Å². The molecule has 1 fully saturated rings. The van der Waals surface area contributed by atoms with E-state index >= 15 is 0 Å². The summed E-state index contributed by atoms with van der Waals surface area (Å²) >= 11 is 3.35. The van der Waals surface area contributed by atoms with Crippen LogP contribution in [0.2, 0.25) is 0 Å². The molecule has 82 valence electrons. The highest BCUT2D eigenvalue weighted by molar-refractivity contribution is 9.10. The van der Waals surface area contributed by atoms with Gasteiger partial charge in [-0.1, -0.05) is 22.0 Å². The monoisotopic (exact) mass is 270 g/mol. The normalized spacial score (nSPS) is 22.9. The highest BCUT2D eigenvalue weighted by Gasteiger charge is 2.25. The van der Waals surface area contributed by atoms with E-state index in [9.17, 15) is 5.11 Å². The Balaban J connectivity index is 2.20. The standard InChI is InChI=1S/C11H15BrN2O/c12-8-1-2-9(10(13)5-8)11(15)7-3-4-14-6-7/h1-2,5,7,11,14-15H,3-4,6,13H2. The minimum absolute atomic E-state index is 0.286. The largest absolute Gasteiger partial charge is 0.398 e. The van der Waals surface area contributed by atoms with E-state index < -0.39 is 6.10 Å². The number of rotatable bonds is 2. The van der Waals surface area contributed by atoms with Crippen LogP contribution in [0.5, 0.6) is 0 Å². The van der Waals surface area contributed by atoms with Crippen LogP contribution in [-0.2, 0) is 0 Å². The Morgan fingerprint density at radius 3 is 2.93 bits per heavy atom. The fourth-order valence-corrected chi connectivity index (χ4v) is 2.39. The Labute approximate surface area is 97.8 Å². The number of hydrogen-bond donors (Lipinski definition) is 3. The van der Waals surface area contributed by atoms with Crippen LogP contribution >= 0.6 is 15.9 Å². The number of aliphatic hydroxyl groups excluding tert-OH is 1. The van der Waals surface area contributed by atoms with Gasteiger partial charge < -0.3 is 16.2 Å². The van der Waals surface area contributed by atoms with E-state index in [-0.39, 0.29) is 5.92 Å². The highest BCUT2D eigenvalue weighted by atomic mass is 79.9. The van der Waals surface area contributed by atoms with Crippen molar-refractivity contribution in [2.45, 2.75) is 12.5 Å². The van der Waals surface area contributed by atoms with Gasteiger partial charge in [-0.25, -0.2) is 0 Å². The minimum atomic E-state index is -0.451. The fraction of sp³-hybridized carbons (Fsp3) is 0.455. The summed E-state index contributed by atoms with van der Waals surface area (Å²) in [5.74, 6) is 0.286. The van der Waals surface area contributed by atoms with E-state index in [1.54, 1.807) is 0 Å². The van der Waals surface area contributed by atoms with Gasteiger partial charge in [0.05, 0.1) is 6.10 Å². The third-order valence-corrected chi connectivity index (χ3v) is 3.41. The molecular formula is C11H15BrN2O. The molecule has 4 N–H and O–H groups in total. The first-order valence-corrected chi connectivity index (χ1v) is 5.91. The highest BCUT2D eigenvalue weighted by Crippen LogP contribution is 2.31. The maximum atomic E-state index is 10.2. The second kappa shape index (κ2) is 4.51. The summed E-state index contributed by atoms with van der Waals surface area (Å²) in [5.41, 5.74) is 7.38. The molecule has 1 aliphatic heterocycles. The predicted octanol–water partition coefficient (Wildman–Crippen LogP) is 1.67. The second-order valence-electron chi connectivity index (χ2n) is 3.97. The predicted molar refractivity (Wildman–Crippen MR) is 64.5 cm³/mol. The van der Waals surface area contributed by atoms with Crippen LogP contribution in [0, 0.1) is 5.92 Å². The first kappa shape index (κ1) is 10.9. The third kappa shape index (κ3) is 2.33. The third-order valence-electron chi connectivity index (χ3n) is 2.91. The first-order valence-electron chi connectivity index (χ1n) is 5.12. The van der Waals surface area contributed by atoms with Gasteiger partial charge in [-0.15, -0.1) is 0 Å². The molecule has 2 atom stereocenters. The van der Waals surface area contributed by atoms with Gasteiger partial charge in [0, 0.05) is 28.2 Å². The average Bonchev–Trinajstić information content (AvgIpc) is 2.69. The van der Waals surface area contributed by atoms with Crippen molar-refractivity contribution in [1.29, 1.82) is 0 Å². The van der Waals surface area contributed by atoms with Crippen molar-refractivity contribution in [2.24, 2.45) is 5.92 Å². The lowest BCUT2D eigenvalue weighted by Crippen LogP contribution is -2.17. The van der Waals surface area contributed by atoms with Crippen molar-refractivity contribution in [3.63, 3.8) is 0 Å². The fourth-order valence-electron chi connectivity index (χ4n) is 2.02.